The molecule has 0 aliphatic carbocycles. The van der Waals surface area contributed by atoms with Crippen LogP contribution in [-0.4, -0.2) is 58.2 Å². The third-order valence-corrected chi connectivity index (χ3v) is 5.88. The number of hydrogen-bond acceptors (Lipinski definition) is 10. The highest BCUT2D eigenvalue weighted by Gasteiger charge is 2.33. The van der Waals surface area contributed by atoms with Crippen molar-refractivity contribution in [3.05, 3.63) is 65.2 Å². The topological polar surface area (TPSA) is 155 Å². The number of ketones is 1. The van der Waals surface area contributed by atoms with Crippen molar-refractivity contribution in [2.24, 2.45) is 0 Å². The molecule has 3 aromatic rings. The Morgan fingerprint density at radius 2 is 1.61 bits per heavy atom. The van der Waals surface area contributed by atoms with Gasteiger partial charge in [0, 0.05) is 17.7 Å². The SMILES string of the molecule is COc1cc([C@@H]2CC(=O)c3c(O)cc(O)cc3O2)cc(OC)c1O[C@@H](CO)[C@H](O)c1ccc(O)cc1. The maximum absolute atomic E-state index is 12.7. The highest BCUT2D eigenvalue weighted by molar-refractivity contribution is 6.02. The lowest BCUT2D eigenvalue weighted by Gasteiger charge is -2.28. The number of rotatable bonds is 8. The van der Waals surface area contributed by atoms with E-state index in [1.807, 2.05) is 0 Å². The Bertz CT molecular complexity index is 1230. The molecule has 1 aliphatic heterocycles. The minimum absolute atomic E-state index is 0.00283. The number of methoxy groups -OCH3 is 2. The molecule has 3 aromatic carbocycles. The number of carbonyl (C=O) groups is 1. The molecule has 190 valence electrons. The van der Waals surface area contributed by atoms with Crippen LogP contribution in [0.15, 0.2) is 48.5 Å². The summed E-state index contributed by atoms with van der Waals surface area (Å²) in [4.78, 5) is 12.7. The standard InChI is InChI=1S/C26H26O10/c1-33-21-7-14(19-11-18(31)24-17(30)9-16(29)10-20(24)35-19)8-22(34-2)26(21)36-23(12-27)25(32)13-3-5-15(28)6-4-13/h3-10,19,23,25,27-30,32H,11-12H2,1-2H3/t19-,23-,25+/m0/s1. The summed E-state index contributed by atoms with van der Waals surface area (Å²) in [6.45, 7) is -0.542. The van der Waals surface area contributed by atoms with Crippen LogP contribution >= 0.6 is 0 Å². The van der Waals surface area contributed by atoms with Crippen molar-refractivity contribution >= 4 is 5.78 Å². The molecule has 0 unspecified atom stereocenters. The van der Waals surface area contributed by atoms with Crippen LogP contribution in [0.3, 0.4) is 0 Å². The van der Waals surface area contributed by atoms with E-state index in [9.17, 15) is 30.3 Å². The van der Waals surface area contributed by atoms with E-state index in [0.29, 0.717) is 11.1 Å². The van der Waals surface area contributed by atoms with Crippen molar-refractivity contribution in [2.75, 3.05) is 20.8 Å². The van der Waals surface area contributed by atoms with Crippen LogP contribution in [-0.2, 0) is 0 Å². The lowest BCUT2D eigenvalue weighted by molar-refractivity contribution is -0.00171. The van der Waals surface area contributed by atoms with E-state index in [1.165, 1.54) is 44.6 Å². The normalized spacial score (nSPS) is 16.4. The first-order valence-electron chi connectivity index (χ1n) is 11.0. The summed E-state index contributed by atoms with van der Waals surface area (Å²) in [5.74, 6) is -0.405. The van der Waals surface area contributed by atoms with Crippen LogP contribution in [0.2, 0.25) is 0 Å². The van der Waals surface area contributed by atoms with Crippen molar-refractivity contribution in [3.63, 3.8) is 0 Å². The Morgan fingerprint density at radius 1 is 0.972 bits per heavy atom. The van der Waals surface area contributed by atoms with E-state index in [1.54, 1.807) is 12.1 Å². The quantitative estimate of drug-likeness (QED) is 0.313. The van der Waals surface area contributed by atoms with Crippen LogP contribution in [0.4, 0.5) is 0 Å². The molecule has 0 fully saturated rings. The third-order valence-electron chi connectivity index (χ3n) is 5.88. The average Bonchev–Trinajstić information content (AvgIpc) is 2.86. The fourth-order valence-corrected chi connectivity index (χ4v) is 4.05. The zero-order chi connectivity index (χ0) is 26.0. The molecule has 0 bridgehead atoms. The highest BCUT2D eigenvalue weighted by Crippen LogP contribution is 2.46. The van der Waals surface area contributed by atoms with Crippen molar-refractivity contribution in [1.82, 2.24) is 0 Å². The van der Waals surface area contributed by atoms with Crippen molar-refractivity contribution < 1.29 is 49.3 Å². The molecular weight excluding hydrogens is 472 g/mol. The second kappa shape index (κ2) is 10.2. The molecule has 0 aromatic heterocycles. The summed E-state index contributed by atoms with van der Waals surface area (Å²) in [6, 6.07) is 11.3. The van der Waals surface area contributed by atoms with Crippen molar-refractivity contribution in [1.29, 1.82) is 0 Å². The molecule has 5 N–H and O–H groups in total. The number of carbonyl (C=O) groups excluding carboxylic acids is 1. The molecule has 0 amide bonds. The fraction of sp³-hybridized carbons (Fsp3) is 0.269. The van der Waals surface area contributed by atoms with Gasteiger partial charge in [0.2, 0.25) is 5.75 Å². The Hall–Kier alpha value is -4.15. The number of benzene rings is 3. The third kappa shape index (κ3) is 4.81. The van der Waals surface area contributed by atoms with Crippen LogP contribution in [0.5, 0.6) is 40.2 Å². The van der Waals surface area contributed by atoms with Crippen molar-refractivity contribution in [2.45, 2.75) is 24.7 Å². The molecule has 3 atom stereocenters. The van der Waals surface area contributed by atoms with Crippen LogP contribution in [0.1, 0.15) is 40.1 Å². The van der Waals surface area contributed by atoms with E-state index in [2.05, 4.69) is 0 Å². The zero-order valence-electron chi connectivity index (χ0n) is 19.5. The van der Waals surface area contributed by atoms with Crippen molar-refractivity contribution in [3.8, 4) is 40.2 Å². The first-order chi connectivity index (χ1) is 17.2. The lowest BCUT2D eigenvalue weighted by Crippen LogP contribution is -2.29. The second-order valence-electron chi connectivity index (χ2n) is 8.20. The number of hydrogen-bond donors (Lipinski definition) is 5. The number of phenols is 3. The average molecular weight is 498 g/mol. The number of Topliss-reactive ketones (excluding diaryl/α,β-unsaturated/α-hetero) is 1. The summed E-state index contributed by atoms with van der Waals surface area (Å²) in [7, 11) is 2.79. The maximum atomic E-state index is 12.7. The molecule has 1 aliphatic rings. The molecule has 1 heterocycles. The van der Waals surface area contributed by atoms with Gasteiger partial charge in [-0.15, -0.1) is 0 Å². The summed E-state index contributed by atoms with van der Waals surface area (Å²) in [5, 5.41) is 50.0. The largest absolute Gasteiger partial charge is 0.508 e. The first kappa shape index (κ1) is 25.0. The second-order valence-corrected chi connectivity index (χ2v) is 8.20. The Morgan fingerprint density at radius 3 is 2.19 bits per heavy atom. The molecule has 4 rings (SSSR count). The van der Waals surface area contributed by atoms with E-state index in [-0.39, 0.29) is 58.0 Å². The minimum Gasteiger partial charge on any atom is -0.508 e. The number of fused-ring (bicyclic) bond motifs is 1. The van der Waals surface area contributed by atoms with Gasteiger partial charge < -0.3 is 44.5 Å². The molecule has 10 heteroatoms. The van der Waals surface area contributed by atoms with Gasteiger partial charge in [-0.05, 0) is 29.8 Å². The number of aromatic hydroxyl groups is 3. The van der Waals surface area contributed by atoms with Gasteiger partial charge in [0.25, 0.3) is 0 Å². The van der Waals surface area contributed by atoms with E-state index < -0.39 is 24.9 Å². The molecule has 0 radical (unpaired) electrons. The summed E-state index contributed by atoms with van der Waals surface area (Å²) in [5.41, 5.74) is 0.912. The molecule has 36 heavy (non-hydrogen) atoms. The lowest BCUT2D eigenvalue weighted by atomic mass is 9.95. The number of phenolic OH excluding ortho intramolecular Hbond substituents is 3. The first-order valence-corrected chi connectivity index (χ1v) is 11.0. The number of aliphatic hydroxyl groups is 2. The number of ether oxygens (including phenoxy) is 4. The zero-order valence-corrected chi connectivity index (χ0v) is 19.5. The van der Waals surface area contributed by atoms with Gasteiger partial charge in [-0.3, -0.25) is 4.79 Å². The molecule has 10 nitrogen and oxygen atoms in total. The van der Waals surface area contributed by atoms with Gasteiger partial charge in [0.1, 0.15) is 40.8 Å². The fourth-order valence-electron chi connectivity index (χ4n) is 4.05. The van der Waals surface area contributed by atoms with Gasteiger partial charge in [-0.2, -0.15) is 0 Å². The summed E-state index contributed by atoms with van der Waals surface area (Å²) < 4.78 is 22.8. The number of aliphatic hydroxyl groups excluding tert-OH is 2. The Kier molecular flexibility index (Phi) is 7.09. The monoisotopic (exact) mass is 498 g/mol. The van der Waals surface area contributed by atoms with E-state index in [4.69, 9.17) is 18.9 Å². The van der Waals surface area contributed by atoms with Gasteiger partial charge in [0.15, 0.2) is 23.4 Å². The van der Waals surface area contributed by atoms with Crippen LogP contribution in [0, 0.1) is 0 Å². The predicted octanol–water partition coefficient (Wildman–Crippen LogP) is 3.00. The van der Waals surface area contributed by atoms with E-state index >= 15 is 0 Å². The molecule has 0 saturated heterocycles. The van der Waals surface area contributed by atoms with Gasteiger partial charge in [0.05, 0.1) is 27.2 Å². The predicted molar refractivity (Wildman–Crippen MR) is 126 cm³/mol. The molecule has 0 spiro atoms. The smallest absolute Gasteiger partial charge is 0.204 e. The summed E-state index contributed by atoms with van der Waals surface area (Å²) in [6.07, 6.45) is -3.20. The van der Waals surface area contributed by atoms with Crippen LogP contribution in [0.25, 0.3) is 0 Å². The van der Waals surface area contributed by atoms with Gasteiger partial charge in [-0.25, -0.2) is 0 Å². The van der Waals surface area contributed by atoms with E-state index in [0.717, 1.165) is 6.07 Å². The maximum Gasteiger partial charge on any atom is 0.204 e. The summed E-state index contributed by atoms with van der Waals surface area (Å²) >= 11 is 0. The highest BCUT2D eigenvalue weighted by atomic mass is 16.6. The minimum atomic E-state index is -1.24. The molecular formula is C26H26O10. The van der Waals surface area contributed by atoms with Crippen LogP contribution < -0.4 is 18.9 Å². The van der Waals surface area contributed by atoms with Gasteiger partial charge >= 0.3 is 0 Å². The Labute approximate surface area is 206 Å². The van der Waals surface area contributed by atoms with Gasteiger partial charge in [-0.1, -0.05) is 12.1 Å². The Balaban J connectivity index is 1.65. The molecule has 0 saturated carbocycles.